The molecule has 0 saturated carbocycles. The van der Waals surface area contributed by atoms with E-state index in [4.69, 9.17) is 21.7 Å². The number of halogens is 4. The Morgan fingerprint density at radius 1 is 1.18 bits per heavy atom. The van der Waals surface area contributed by atoms with E-state index in [-0.39, 0.29) is 51.8 Å². The third-order valence-corrected chi connectivity index (χ3v) is 6.39. The minimum absolute atomic E-state index is 0.0627. The minimum Gasteiger partial charge on any atom is -0.494 e. The molecule has 14 heteroatoms. The molecule has 2 atom stereocenters. The van der Waals surface area contributed by atoms with Crippen molar-refractivity contribution >= 4 is 22.7 Å². The molecule has 3 aromatic heterocycles. The largest absolute Gasteiger partial charge is 0.494 e. The lowest BCUT2D eigenvalue weighted by molar-refractivity contribution is -0.0529. The second-order valence-corrected chi connectivity index (χ2v) is 8.89. The van der Waals surface area contributed by atoms with Gasteiger partial charge in [0.1, 0.15) is 23.8 Å². The molecule has 206 valence electrons. The fourth-order valence-electron chi connectivity index (χ4n) is 4.31. The normalized spacial score (nSPS) is 22.7. The highest BCUT2D eigenvalue weighted by Crippen LogP contribution is 2.34. The monoisotopic (exact) mass is 550 g/mol. The fraction of sp³-hybridized carbons (Fsp3) is 0.360. The summed E-state index contributed by atoms with van der Waals surface area (Å²) in [6, 6.07) is 2.93. The molecule has 1 saturated heterocycles. The molecule has 1 fully saturated rings. The lowest BCUT2D eigenvalue weighted by Crippen LogP contribution is -2.63. The SMILES string of the molecule is [2H]C1([2H])CC[C@](N)(C(O)C(F)F)C([2H])([2H])N1c1cnc(-c2cc(F)c(OC)cc2F)cc1Cn1cnc2c(N)ncnc21. The van der Waals surface area contributed by atoms with E-state index >= 15 is 4.39 Å². The van der Waals surface area contributed by atoms with Gasteiger partial charge in [0, 0.05) is 27.4 Å². The third-order valence-electron chi connectivity index (χ3n) is 6.39. The number of anilines is 2. The van der Waals surface area contributed by atoms with Crippen molar-refractivity contribution in [1.82, 2.24) is 24.5 Å². The van der Waals surface area contributed by atoms with E-state index in [0.29, 0.717) is 4.90 Å². The number of alkyl halides is 2. The van der Waals surface area contributed by atoms with Gasteiger partial charge in [-0.3, -0.25) is 4.98 Å². The van der Waals surface area contributed by atoms with Crippen LogP contribution < -0.4 is 21.1 Å². The second kappa shape index (κ2) is 10.3. The number of nitrogen functional groups attached to an aromatic ring is 1. The first-order valence-electron chi connectivity index (χ1n) is 13.6. The van der Waals surface area contributed by atoms with Gasteiger partial charge in [-0.15, -0.1) is 0 Å². The first kappa shape index (κ1) is 21.8. The van der Waals surface area contributed by atoms with Gasteiger partial charge in [-0.1, -0.05) is 0 Å². The van der Waals surface area contributed by atoms with E-state index in [1.165, 1.54) is 23.3 Å². The van der Waals surface area contributed by atoms with Crippen LogP contribution in [0.4, 0.5) is 29.1 Å². The zero-order valence-electron chi connectivity index (χ0n) is 24.4. The Bertz CT molecular complexity index is 1690. The number of hydrogen-bond acceptors (Lipinski definition) is 9. The first-order valence-corrected chi connectivity index (χ1v) is 11.6. The number of pyridine rings is 1. The van der Waals surface area contributed by atoms with Crippen molar-refractivity contribution in [3.05, 3.63) is 54.2 Å². The molecule has 0 radical (unpaired) electrons. The molecule has 1 aliphatic heterocycles. The summed E-state index contributed by atoms with van der Waals surface area (Å²) in [5.41, 5.74) is 9.25. The Kier molecular flexibility index (Phi) is 5.75. The lowest BCUT2D eigenvalue weighted by Gasteiger charge is -2.44. The summed E-state index contributed by atoms with van der Waals surface area (Å²) in [4.78, 5) is 16.9. The number of ether oxygens (including phenoxy) is 1. The summed E-state index contributed by atoms with van der Waals surface area (Å²) in [6.07, 6.45) is -3.71. The molecule has 0 bridgehead atoms. The number of fused-ring (bicyclic) bond motifs is 1. The minimum atomic E-state index is -3.43. The summed E-state index contributed by atoms with van der Waals surface area (Å²) in [6.45, 7) is -5.85. The van der Waals surface area contributed by atoms with E-state index in [1.807, 2.05) is 0 Å². The van der Waals surface area contributed by atoms with Crippen LogP contribution in [-0.4, -0.2) is 67.8 Å². The molecule has 1 aliphatic rings. The number of aliphatic hydroxyl groups excluding tert-OH is 1. The van der Waals surface area contributed by atoms with Crippen molar-refractivity contribution in [1.29, 1.82) is 0 Å². The van der Waals surface area contributed by atoms with E-state index in [1.54, 1.807) is 0 Å². The Morgan fingerprint density at radius 2 is 1.97 bits per heavy atom. The van der Waals surface area contributed by atoms with Crippen LogP contribution in [0.1, 0.15) is 23.9 Å². The maximum absolute atomic E-state index is 15.1. The molecule has 1 aromatic carbocycles. The molecule has 0 amide bonds. The number of aromatic nitrogens is 5. The number of methoxy groups -OCH3 is 1. The summed E-state index contributed by atoms with van der Waals surface area (Å²) in [5.74, 6) is -2.08. The predicted molar refractivity (Wildman–Crippen MR) is 135 cm³/mol. The third kappa shape index (κ3) is 4.92. The van der Waals surface area contributed by atoms with E-state index in [9.17, 15) is 18.3 Å². The van der Waals surface area contributed by atoms with Crippen LogP contribution >= 0.6 is 0 Å². The summed E-state index contributed by atoms with van der Waals surface area (Å²) < 4.78 is 98.2. The number of nitrogens with zero attached hydrogens (tertiary/aromatic N) is 6. The molecular weight excluding hydrogens is 520 g/mol. The molecule has 0 spiro atoms. The van der Waals surface area contributed by atoms with Gasteiger partial charge < -0.3 is 30.8 Å². The van der Waals surface area contributed by atoms with Gasteiger partial charge in [0.2, 0.25) is 0 Å². The van der Waals surface area contributed by atoms with Crippen LogP contribution in [0, 0.1) is 11.6 Å². The molecular formula is C25H26F4N8O2. The number of imidazole rings is 1. The average molecular weight is 551 g/mol. The smallest absolute Gasteiger partial charge is 0.265 e. The molecule has 4 aromatic rings. The zero-order chi connectivity index (χ0) is 31.5. The van der Waals surface area contributed by atoms with Crippen LogP contribution in [0.15, 0.2) is 37.1 Å². The van der Waals surface area contributed by atoms with Crippen LogP contribution in [0.3, 0.4) is 0 Å². The highest BCUT2D eigenvalue weighted by Gasteiger charge is 2.43. The number of piperidine rings is 1. The standard InChI is InChI=1S/C25H26F4N8O2/c1-39-19-7-15(26)14(6-16(19)27)17-5-13(9-37-12-35-20-23(30)33-11-34-24(20)37)18(8-32-17)36-4-2-3-25(31,10-36)21(38)22(28)29/h5-8,11-12,21-22,38H,2-4,9-10,31H2,1H3,(H2,30,33,34)/t21?,25-/m1/s1/i4D2,10D2. The van der Waals surface area contributed by atoms with Crippen molar-refractivity contribution in [3.8, 4) is 17.0 Å². The molecule has 10 nitrogen and oxygen atoms in total. The Balaban J connectivity index is 1.73. The van der Waals surface area contributed by atoms with Gasteiger partial charge >= 0.3 is 0 Å². The van der Waals surface area contributed by atoms with Gasteiger partial charge in [0.15, 0.2) is 23.0 Å². The molecule has 5 N–H and O–H groups in total. The van der Waals surface area contributed by atoms with Crippen LogP contribution in [0.5, 0.6) is 5.75 Å². The molecule has 5 rings (SSSR count). The zero-order valence-corrected chi connectivity index (χ0v) is 20.4. The number of benzene rings is 1. The second-order valence-electron chi connectivity index (χ2n) is 8.89. The van der Waals surface area contributed by atoms with Gasteiger partial charge in [-0.05, 0) is 30.5 Å². The number of rotatable bonds is 7. The van der Waals surface area contributed by atoms with E-state index < -0.39 is 55.5 Å². The molecule has 1 unspecified atom stereocenters. The van der Waals surface area contributed by atoms with Gasteiger partial charge in [-0.2, -0.15) is 0 Å². The van der Waals surface area contributed by atoms with Gasteiger partial charge in [-0.25, -0.2) is 32.5 Å². The van der Waals surface area contributed by atoms with Crippen molar-refractivity contribution in [2.45, 2.75) is 37.5 Å². The Labute approximate surface area is 225 Å². The van der Waals surface area contributed by atoms with Crippen LogP contribution in [-0.2, 0) is 6.54 Å². The summed E-state index contributed by atoms with van der Waals surface area (Å²) in [5, 5.41) is 10.3. The fourth-order valence-corrected chi connectivity index (χ4v) is 4.31. The molecule has 4 heterocycles. The molecule has 0 aliphatic carbocycles. The summed E-state index contributed by atoms with van der Waals surface area (Å²) in [7, 11) is 1.16. The maximum atomic E-state index is 15.1. The Hall–Kier alpha value is -4.04. The predicted octanol–water partition coefficient (Wildman–Crippen LogP) is 2.73. The van der Waals surface area contributed by atoms with Crippen LogP contribution in [0.25, 0.3) is 22.4 Å². The van der Waals surface area contributed by atoms with Crippen LogP contribution in [0.2, 0.25) is 0 Å². The van der Waals surface area contributed by atoms with Crippen molar-refractivity contribution < 1.29 is 32.9 Å². The summed E-state index contributed by atoms with van der Waals surface area (Å²) >= 11 is 0. The van der Waals surface area contributed by atoms with E-state index in [2.05, 4.69) is 19.9 Å². The number of aliphatic hydroxyl groups is 1. The molecule has 39 heavy (non-hydrogen) atoms. The average Bonchev–Trinajstić information content (AvgIpc) is 3.36. The maximum Gasteiger partial charge on any atom is 0.265 e. The highest BCUT2D eigenvalue weighted by molar-refractivity contribution is 5.81. The van der Waals surface area contributed by atoms with Gasteiger partial charge in [0.05, 0.1) is 45.8 Å². The number of hydrogen-bond donors (Lipinski definition) is 3. The lowest BCUT2D eigenvalue weighted by atomic mass is 9.84. The highest BCUT2D eigenvalue weighted by atomic mass is 19.3. The van der Waals surface area contributed by atoms with Crippen molar-refractivity contribution in [2.24, 2.45) is 5.73 Å². The topological polar surface area (TPSA) is 141 Å². The quantitative estimate of drug-likeness (QED) is 0.296. The first-order chi connectivity index (χ1) is 20.1. The van der Waals surface area contributed by atoms with E-state index in [0.717, 1.165) is 25.4 Å². The van der Waals surface area contributed by atoms with Crippen molar-refractivity contribution in [2.75, 3.05) is 30.7 Å². The van der Waals surface area contributed by atoms with Gasteiger partial charge in [0.25, 0.3) is 6.43 Å². The number of nitrogens with two attached hydrogens (primary N) is 2. The van der Waals surface area contributed by atoms with Crippen molar-refractivity contribution in [3.63, 3.8) is 0 Å². The Morgan fingerprint density at radius 3 is 2.72 bits per heavy atom.